The fourth-order valence-corrected chi connectivity index (χ4v) is 0.514. The van der Waals surface area contributed by atoms with E-state index in [0.717, 1.165) is 0 Å². The lowest BCUT2D eigenvalue weighted by Crippen LogP contribution is -1.98. The molecule has 0 amide bonds. The first-order valence-corrected chi connectivity index (χ1v) is 2.90. The summed E-state index contributed by atoms with van der Waals surface area (Å²) in [6.45, 7) is 0. The zero-order chi connectivity index (χ0) is 7.82. The molecule has 0 saturated carbocycles. The summed E-state index contributed by atoms with van der Waals surface area (Å²) in [4.78, 5) is 25.6. The number of aliphatic imine (C=N–C) groups is 2. The first-order chi connectivity index (χ1) is 4.85. The molecule has 0 N–H and O–H groups in total. The van der Waals surface area contributed by atoms with Gasteiger partial charge in [-0.25, -0.2) is 9.59 Å². The second kappa shape index (κ2) is 5.98. The van der Waals surface area contributed by atoms with Gasteiger partial charge < -0.3 is 0 Å². The van der Waals surface area contributed by atoms with Crippen LogP contribution in [0.1, 0.15) is 6.42 Å². The number of rotatable bonds is 4. The van der Waals surface area contributed by atoms with Crippen LogP contribution >= 0.6 is 12.2 Å². The molecule has 0 heterocycles. The fourth-order valence-electron chi connectivity index (χ4n) is 0.342. The summed E-state index contributed by atoms with van der Waals surface area (Å²) in [7, 11) is 0. The largest absolute Gasteiger partial charge is 0.237 e. The third-order valence-electron chi connectivity index (χ3n) is 0.710. The molecule has 0 unspecified atom stereocenters. The summed E-state index contributed by atoms with van der Waals surface area (Å²) in [6, 6.07) is 0. The molecule has 4 nitrogen and oxygen atoms in total. The van der Waals surface area contributed by atoms with Gasteiger partial charge in [0.2, 0.25) is 12.2 Å². The van der Waals surface area contributed by atoms with E-state index in [1.54, 1.807) is 0 Å². The number of carbonyl (C=O) groups excluding carboxylic acids is 2. The van der Waals surface area contributed by atoms with Gasteiger partial charge in [0.1, 0.15) is 0 Å². The molecular weight excluding hydrogens is 152 g/mol. The average Bonchev–Trinajstić information content (AvgIpc) is 1.90. The standard InChI is InChI=1S/C5H4N2O2S/c8-3-6-5(1-2-10)7-4-9/h2,5H,1H2. The third kappa shape index (κ3) is 3.80. The van der Waals surface area contributed by atoms with Gasteiger partial charge in [0.25, 0.3) is 0 Å². The van der Waals surface area contributed by atoms with Gasteiger partial charge in [0, 0.05) is 6.42 Å². The first-order valence-electron chi connectivity index (χ1n) is 2.42. The van der Waals surface area contributed by atoms with E-state index in [1.165, 1.54) is 17.5 Å². The van der Waals surface area contributed by atoms with Crippen molar-refractivity contribution in [1.29, 1.82) is 0 Å². The quantitative estimate of drug-likeness (QED) is 0.335. The molecule has 0 fully saturated rings. The zero-order valence-corrected chi connectivity index (χ0v) is 5.80. The Bertz CT molecular complexity index is 186. The Morgan fingerprint density at radius 1 is 1.40 bits per heavy atom. The molecule has 0 aromatic carbocycles. The van der Waals surface area contributed by atoms with Crippen LogP contribution in [0.3, 0.4) is 0 Å². The van der Waals surface area contributed by atoms with Gasteiger partial charge in [0.05, 0.1) is 0 Å². The van der Waals surface area contributed by atoms with Gasteiger partial charge in [-0.1, -0.05) is 12.2 Å². The number of nitrogens with zero attached hydrogens (tertiary/aromatic N) is 2. The van der Waals surface area contributed by atoms with Gasteiger partial charge in [-0.2, -0.15) is 9.98 Å². The minimum absolute atomic E-state index is 0.278. The van der Waals surface area contributed by atoms with Crippen molar-refractivity contribution in [2.75, 3.05) is 0 Å². The highest BCUT2D eigenvalue weighted by Gasteiger charge is 1.98. The van der Waals surface area contributed by atoms with E-state index in [2.05, 4.69) is 22.2 Å². The molecule has 5 heteroatoms. The molecule has 52 valence electrons. The highest BCUT2D eigenvalue weighted by atomic mass is 32.1. The van der Waals surface area contributed by atoms with E-state index in [0.29, 0.717) is 0 Å². The first kappa shape index (κ1) is 8.85. The van der Waals surface area contributed by atoms with Gasteiger partial charge >= 0.3 is 0 Å². The average molecular weight is 156 g/mol. The van der Waals surface area contributed by atoms with Crippen LogP contribution in [0.4, 0.5) is 0 Å². The molecule has 0 aliphatic carbocycles. The molecule has 0 aromatic rings. The second-order valence-corrected chi connectivity index (χ2v) is 1.66. The summed E-state index contributed by atoms with van der Waals surface area (Å²) in [5, 5.41) is 1.34. The SMILES string of the molecule is O=C=NC(CC=S)N=C=O. The van der Waals surface area contributed by atoms with Gasteiger partial charge in [0.15, 0.2) is 6.17 Å². The van der Waals surface area contributed by atoms with Gasteiger partial charge in [-0.05, 0) is 5.37 Å². The summed E-state index contributed by atoms with van der Waals surface area (Å²) in [6.07, 6.45) is 2.10. The van der Waals surface area contributed by atoms with Crippen LogP contribution in [0.25, 0.3) is 0 Å². The molecular formula is C5H4N2O2S. The van der Waals surface area contributed by atoms with Crippen molar-refractivity contribution in [3.63, 3.8) is 0 Å². The van der Waals surface area contributed by atoms with E-state index >= 15 is 0 Å². The van der Waals surface area contributed by atoms with Crippen molar-refractivity contribution in [2.24, 2.45) is 9.98 Å². The Kier molecular flexibility index (Phi) is 5.29. The molecule has 0 bridgehead atoms. The lowest BCUT2D eigenvalue weighted by molar-refractivity contribution is 0.551. The molecule has 0 atom stereocenters. The molecule has 0 rings (SSSR count). The maximum atomic E-state index is 9.64. The number of hydrogen-bond acceptors (Lipinski definition) is 5. The predicted molar refractivity (Wildman–Crippen MR) is 38.3 cm³/mol. The van der Waals surface area contributed by atoms with Crippen LogP contribution in [0.5, 0.6) is 0 Å². The zero-order valence-electron chi connectivity index (χ0n) is 4.98. The Morgan fingerprint density at radius 2 is 1.90 bits per heavy atom. The highest BCUT2D eigenvalue weighted by molar-refractivity contribution is 7.78. The van der Waals surface area contributed by atoms with Crippen molar-refractivity contribution < 1.29 is 9.59 Å². The van der Waals surface area contributed by atoms with E-state index in [4.69, 9.17) is 0 Å². The molecule has 0 spiro atoms. The van der Waals surface area contributed by atoms with Gasteiger partial charge in [-0.15, -0.1) is 0 Å². The molecule has 0 radical (unpaired) electrons. The maximum Gasteiger partial charge on any atom is 0.237 e. The summed E-state index contributed by atoms with van der Waals surface area (Å²) in [5.41, 5.74) is 0. The normalized spacial score (nSPS) is 10.4. The predicted octanol–water partition coefficient (Wildman–Crippen LogP) is 0.374. The third-order valence-corrected chi connectivity index (χ3v) is 0.903. The van der Waals surface area contributed by atoms with Crippen molar-refractivity contribution in [3.05, 3.63) is 0 Å². The monoisotopic (exact) mass is 156 g/mol. The van der Waals surface area contributed by atoms with E-state index in [9.17, 15) is 9.59 Å². The van der Waals surface area contributed by atoms with E-state index in [-0.39, 0.29) is 6.42 Å². The minimum Gasteiger partial charge on any atom is -0.211 e. The Balaban J connectivity index is 4.08. The Hall–Kier alpha value is -1.15. The van der Waals surface area contributed by atoms with Gasteiger partial charge in [-0.3, -0.25) is 0 Å². The van der Waals surface area contributed by atoms with E-state index < -0.39 is 6.17 Å². The molecule has 0 aliphatic rings. The molecule has 0 aromatic heterocycles. The van der Waals surface area contributed by atoms with E-state index in [1.807, 2.05) is 0 Å². The second-order valence-electron chi connectivity index (χ2n) is 1.32. The Morgan fingerprint density at radius 3 is 2.20 bits per heavy atom. The minimum atomic E-state index is -0.729. The molecule has 0 saturated heterocycles. The van der Waals surface area contributed by atoms with Crippen molar-refractivity contribution in [2.45, 2.75) is 12.6 Å². The van der Waals surface area contributed by atoms with Crippen LogP contribution < -0.4 is 0 Å². The van der Waals surface area contributed by atoms with Crippen LogP contribution in [0.2, 0.25) is 0 Å². The maximum absolute atomic E-state index is 9.64. The number of isocyanates is 2. The number of hydrogen-bond donors (Lipinski definition) is 0. The van der Waals surface area contributed by atoms with Crippen molar-refractivity contribution in [1.82, 2.24) is 0 Å². The molecule has 10 heavy (non-hydrogen) atoms. The van der Waals surface area contributed by atoms with Crippen LogP contribution in [-0.4, -0.2) is 23.7 Å². The fraction of sp³-hybridized carbons (Fsp3) is 0.400. The topological polar surface area (TPSA) is 58.9 Å². The lowest BCUT2D eigenvalue weighted by atomic mass is 10.4. The summed E-state index contributed by atoms with van der Waals surface area (Å²) < 4.78 is 0. The van der Waals surface area contributed by atoms with Crippen molar-refractivity contribution >= 4 is 29.7 Å². The summed E-state index contributed by atoms with van der Waals surface area (Å²) in [5.74, 6) is 0. The smallest absolute Gasteiger partial charge is 0.211 e. The Labute approximate surface area is 62.7 Å². The van der Waals surface area contributed by atoms with Crippen LogP contribution in [0.15, 0.2) is 9.98 Å². The molecule has 0 aliphatic heterocycles. The van der Waals surface area contributed by atoms with Crippen LogP contribution in [-0.2, 0) is 9.59 Å². The van der Waals surface area contributed by atoms with Crippen LogP contribution in [0, 0.1) is 0 Å². The number of thiocarbonyl (C=S) groups is 1. The summed E-state index contributed by atoms with van der Waals surface area (Å²) >= 11 is 4.45. The lowest BCUT2D eigenvalue weighted by Gasteiger charge is -1.93. The van der Waals surface area contributed by atoms with Crippen molar-refractivity contribution in [3.8, 4) is 0 Å². The highest BCUT2D eigenvalue weighted by Crippen LogP contribution is 1.94.